The fraction of sp³-hybridized carbons (Fsp3) is 0.300. The number of fused-ring (bicyclic) bond motifs is 1. The summed E-state index contributed by atoms with van der Waals surface area (Å²) in [7, 11) is 0. The van der Waals surface area contributed by atoms with Crippen LogP contribution in [0.15, 0.2) is 30.6 Å². The first-order valence-electron chi connectivity index (χ1n) is 4.63. The van der Waals surface area contributed by atoms with Crippen molar-refractivity contribution in [2.75, 3.05) is 6.54 Å². The smallest absolute Gasteiger partial charge is 0.0838 e. The molecule has 0 saturated carbocycles. The van der Waals surface area contributed by atoms with Crippen molar-refractivity contribution in [1.82, 2.24) is 9.61 Å². The van der Waals surface area contributed by atoms with Crippen LogP contribution in [-0.2, 0) is 0 Å². The second-order valence-electron chi connectivity index (χ2n) is 3.22. The third kappa shape index (κ3) is 1.49. The Bertz CT molecular complexity index is 424. The fourth-order valence-electron chi connectivity index (χ4n) is 1.52. The number of aliphatic hydroxyl groups is 1. The Balaban J connectivity index is 2.42. The Labute approximate surface area is 82.0 Å². The van der Waals surface area contributed by atoms with Crippen molar-refractivity contribution < 1.29 is 5.11 Å². The predicted molar refractivity (Wildman–Crippen MR) is 53.8 cm³/mol. The van der Waals surface area contributed by atoms with Gasteiger partial charge in [0, 0.05) is 11.8 Å². The third-order valence-corrected chi connectivity index (χ3v) is 2.26. The number of nitrogens with two attached hydrogens (primary N) is 1. The number of nitrogens with zero attached hydrogens (tertiary/aromatic N) is 2. The van der Waals surface area contributed by atoms with E-state index in [2.05, 4.69) is 5.10 Å². The number of rotatable bonds is 3. The summed E-state index contributed by atoms with van der Waals surface area (Å²) in [6.45, 7) is 0.478. The average molecular weight is 191 g/mol. The molecule has 0 fully saturated rings. The van der Waals surface area contributed by atoms with E-state index in [-0.39, 0.29) is 0 Å². The molecule has 0 spiro atoms. The fourth-order valence-corrected chi connectivity index (χ4v) is 1.52. The molecular weight excluding hydrogens is 178 g/mol. The molecule has 2 heterocycles. The zero-order valence-electron chi connectivity index (χ0n) is 7.80. The van der Waals surface area contributed by atoms with Crippen molar-refractivity contribution in [3.63, 3.8) is 0 Å². The molecule has 14 heavy (non-hydrogen) atoms. The summed E-state index contributed by atoms with van der Waals surface area (Å²) in [5.41, 5.74) is 7.17. The van der Waals surface area contributed by atoms with Crippen LogP contribution in [0.3, 0.4) is 0 Å². The van der Waals surface area contributed by atoms with E-state index in [0.29, 0.717) is 13.0 Å². The van der Waals surface area contributed by atoms with Crippen LogP contribution in [-0.4, -0.2) is 21.3 Å². The Hall–Kier alpha value is -1.39. The van der Waals surface area contributed by atoms with Crippen LogP contribution in [0.4, 0.5) is 0 Å². The summed E-state index contributed by atoms with van der Waals surface area (Å²) < 4.78 is 1.75. The van der Waals surface area contributed by atoms with E-state index in [9.17, 15) is 5.11 Å². The maximum Gasteiger partial charge on any atom is 0.0838 e. The number of hydrogen-bond acceptors (Lipinski definition) is 3. The van der Waals surface area contributed by atoms with Crippen LogP contribution >= 0.6 is 0 Å². The van der Waals surface area contributed by atoms with Crippen molar-refractivity contribution >= 4 is 5.52 Å². The highest BCUT2D eigenvalue weighted by Crippen LogP contribution is 2.20. The Kier molecular flexibility index (Phi) is 2.47. The lowest BCUT2D eigenvalue weighted by Gasteiger charge is -2.06. The third-order valence-electron chi connectivity index (χ3n) is 2.26. The summed E-state index contributed by atoms with van der Waals surface area (Å²) in [5, 5.41) is 13.9. The molecule has 3 N–H and O–H groups in total. The van der Waals surface area contributed by atoms with E-state index in [1.165, 1.54) is 0 Å². The van der Waals surface area contributed by atoms with E-state index < -0.39 is 6.10 Å². The summed E-state index contributed by atoms with van der Waals surface area (Å²) in [6.07, 6.45) is 3.60. The molecule has 0 radical (unpaired) electrons. The number of aliphatic hydroxyl groups excluding tert-OH is 1. The van der Waals surface area contributed by atoms with Gasteiger partial charge in [-0.1, -0.05) is 6.07 Å². The molecule has 2 rings (SSSR count). The van der Waals surface area contributed by atoms with Crippen LogP contribution < -0.4 is 5.73 Å². The van der Waals surface area contributed by atoms with Crippen molar-refractivity contribution in [1.29, 1.82) is 0 Å². The average Bonchev–Trinajstić information content (AvgIpc) is 2.61. The summed E-state index contributed by atoms with van der Waals surface area (Å²) >= 11 is 0. The molecule has 0 aliphatic carbocycles. The summed E-state index contributed by atoms with van der Waals surface area (Å²) in [6, 6.07) is 5.76. The first-order valence-corrected chi connectivity index (χ1v) is 4.63. The molecule has 0 saturated heterocycles. The highest BCUT2D eigenvalue weighted by atomic mass is 16.3. The molecule has 0 aromatic carbocycles. The van der Waals surface area contributed by atoms with Gasteiger partial charge in [-0.2, -0.15) is 5.10 Å². The standard InChI is InChI=1S/C10H13N3O/c11-5-4-10(14)8-7-12-13-6-2-1-3-9(8)13/h1-3,6-7,10,14H,4-5,11H2. The molecule has 2 aromatic rings. The Morgan fingerprint density at radius 1 is 1.50 bits per heavy atom. The monoisotopic (exact) mass is 191 g/mol. The van der Waals surface area contributed by atoms with Crippen molar-refractivity contribution in [2.24, 2.45) is 5.73 Å². The zero-order valence-corrected chi connectivity index (χ0v) is 7.80. The molecule has 1 unspecified atom stereocenters. The van der Waals surface area contributed by atoms with Crippen LogP contribution in [0.2, 0.25) is 0 Å². The van der Waals surface area contributed by atoms with Gasteiger partial charge in [-0.15, -0.1) is 0 Å². The quantitative estimate of drug-likeness (QED) is 0.751. The predicted octanol–water partition coefficient (Wildman–Crippen LogP) is 0.717. The van der Waals surface area contributed by atoms with Gasteiger partial charge in [0.2, 0.25) is 0 Å². The van der Waals surface area contributed by atoms with Crippen LogP contribution in [0.25, 0.3) is 5.52 Å². The Morgan fingerprint density at radius 3 is 3.14 bits per heavy atom. The van der Waals surface area contributed by atoms with Gasteiger partial charge >= 0.3 is 0 Å². The molecule has 74 valence electrons. The van der Waals surface area contributed by atoms with Crippen LogP contribution in [0, 0.1) is 0 Å². The van der Waals surface area contributed by atoms with E-state index in [0.717, 1.165) is 11.1 Å². The van der Waals surface area contributed by atoms with Gasteiger partial charge in [0.1, 0.15) is 0 Å². The number of pyridine rings is 1. The van der Waals surface area contributed by atoms with Gasteiger partial charge in [-0.25, -0.2) is 4.52 Å². The van der Waals surface area contributed by atoms with Crippen molar-refractivity contribution in [3.8, 4) is 0 Å². The van der Waals surface area contributed by atoms with E-state index in [1.54, 1.807) is 10.7 Å². The maximum absolute atomic E-state index is 9.77. The highest BCUT2D eigenvalue weighted by Gasteiger charge is 2.11. The van der Waals surface area contributed by atoms with Crippen LogP contribution in [0.1, 0.15) is 18.1 Å². The zero-order chi connectivity index (χ0) is 9.97. The lowest BCUT2D eigenvalue weighted by molar-refractivity contribution is 0.172. The second-order valence-corrected chi connectivity index (χ2v) is 3.22. The molecule has 2 aromatic heterocycles. The number of aromatic nitrogens is 2. The van der Waals surface area contributed by atoms with Crippen molar-refractivity contribution in [3.05, 3.63) is 36.2 Å². The van der Waals surface area contributed by atoms with Crippen molar-refractivity contribution in [2.45, 2.75) is 12.5 Å². The van der Waals surface area contributed by atoms with Gasteiger partial charge < -0.3 is 10.8 Å². The first kappa shape index (κ1) is 9.18. The van der Waals surface area contributed by atoms with Gasteiger partial charge in [0.05, 0.1) is 17.8 Å². The van der Waals surface area contributed by atoms with Gasteiger partial charge in [0.25, 0.3) is 0 Å². The SMILES string of the molecule is NCCC(O)c1cnn2ccccc12. The van der Waals surface area contributed by atoms with Crippen LogP contribution in [0.5, 0.6) is 0 Å². The molecule has 0 aliphatic rings. The van der Waals surface area contributed by atoms with E-state index in [4.69, 9.17) is 5.73 Å². The molecule has 0 amide bonds. The topological polar surface area (TPSA) is 63.5 Å². The molecule has 4 heteroatoms. The molecule has 0 bridgehead atoms. The van der Waals surface area contributed by atoms with Gasteiger partial charge in [0.15, 0.2) is 0 Å². The Morgan fingerprint density at radius 2 is 2.36 bits per heavy atom. The largest absolute Gasteiger partial charge is 0.388 e. The maximum atomic E-state index is 9.77. The van der Waals surface area contributed by atoms with Gasteiger partial charge in [-0.05, 0) is 25.1 Å². The molecular formula is C10H13N3O. The second kappa shape index (κ2) is 3.77. The first-order chi connectivity index (χ1) is 6.83. The molecule has 0 aliphatic heterocycles. The minimum Gasteiger partial charge on any atom is -0.388 e. The van der Waals surface area contributed by atoms with E-state index in [1.807, 2.05) is 24.4 Å². The lowest BCUT2D eigenvalue weighted by Crippen LogP contribution is -2.06. The number of hydrogen-bond donors (Lipinski definition) is 2. The molecule has 1 atom stereocenters. The lowest BCUT2D eigenvalue weighted by atomic mass is 10.1. The van der Waals surface area contributed by atoms with Gasteiger partial charge in [-0.3, -0.25) is 0 Å². The normalized spacial score (nSPS) is 13.3. The van der Waals surface area contributed by atoms with E-state index >= 15 is 0 Å². The molecule has 4 nitrogen and oxygen atoms in total. The minimum absolute atomic E-state index is 0.478. The summed E-state index contributed by atoms with van der Waals surface area (Å²) in [4.78, 5) is 0. The highest BCUT2D eigenvalue weighted by molar-refractivity contribution is 5.54. The summed E-state index contributed by atoms with van der Waals surface area (Å²) in [5.74, 6) is 0. The minimum atomic E-state index is -0.514.